The van der Waals surface area contributed by atoms with E-state index in [0.717, 1.165) is 61.0 Å². The van der Waals surface area contributed by atoms with Crippen LogP contribution in [0.15, 0.2) is 23.1 Å². The molecule has 1 aromatic carbocycles. The van der Waals surface area contributed by atoms with Gasteiger partial charge in [-0.1, -0.05) is 6.42 Å². The van der Waals surface area contributed by atoms with Crippen LogP contribution in [0.2, 0.25) is 0 Å². The van der Waals surface area contributed by atoms with Gasteiger partial charge in [-0.15, -0.1) is 10.2 Å². The molecule has 2 amide bonds. The Labute approximate surface area is 186 Å². The van der Waals surface area contributed by atoms with E-state index in [0.29, 0.717) is 24.9 Å². The van der Waals surface area contributed by atoms with Gasteiger partial charge in [0, 0.05) is 31.1 Å². The van der Waals surface area contributed by atoms with Gasteiger partial charge in [0.05, 0.1) is 11.6 Å². The van der Waals surface area contributed by atoms with Crippen molar-refractivity contribution in [1.29, 1.82) is 0 Å². The van der Waals surface area contributed by atoms with E-state index in [1.807, 2.05) is 0 Å². The Hall–Kier alpha value is -2.75. The Morgan fingerprint density at radius 1 is 1.00 bits per heavy atom. The lowest BCUT2D eigenvalue weighted by Gasteiger charge is -2.25. The third-order valence-electron chi connectivity index (χ3n) is 7.02. The van der Waals surface area contributed by atoms with E-state index in [9.17, 15) is 18.0 Å². The maximum Gasteiger partial charge on any atom is 0.269 e. The zero-order chi connectivity index (χ0) is 22.0. The lowest BCUT2D eigenvalue weighted by molar-refractivity contribution is 0.0725. The fourth-order valence-electron chi connectivity index (χ4n) is 5.25. The van der Waals surface area contributed by atoms with Crippen molar-refractivity contribution in [2.24, 2.45) is 0 Å². The number of nitrogens with zero attached hydrogens (tertiary/aromatic N) is 5. The Balaban J connectivity index is 1.33. The molecular weight excluding hydrogens is 430 g/mol. The number of carbonyl (C=O) groups is 2. The summed E-state index contributed by atoms with van der Waals surface area (Å²) in [5.74, 6) is 1.11. The molecule has 1 atom stereocenters. The SMILES string of the molecule is O=C(c1ccc2c(c1)S(=O)(=O)N(C1CC1)C2=O)N1CCCC1c1nnc2n1CCCCC2. The first-order valence-corrected chi connectivity index (χ1v) is 12.9. The normalized spacial score (nSPS) is 24.4. The van der Waals surface area contributed by atoms with Gasteiger partial charge in [0.15, 0.2) is 5.82 Å². The van der Waals surface area contributed by atoms with Crippen LogP contribution in [0.1, 0.15) is 83.4 Å². The van der Waals surface area contributed by atoms with Crippen LogP contribution in [-0.4, -0.2) is 56.8 Å². The summed E-state index contributed by atoms with van der Waals surface area (Å²) in [6.07, 6.45) is 7.30. The number of hydrogen-bond donors (Lipinski definition) is 0. The van der Waals surface area contributed by atoms with E-state index in [-0.39, 0.29) is 28.4 Å². The maximum atomic E-state index is 13.5. The molecule has 1 aliphatic carbocycles. The van der Waals surface area contributed by atoms with E-state index in [4.69, 9.17) is 0 Å². The molecule has 0 radical (unpaired) electrons. The van der Waals surface area contributed by atoms with Gasteiger partial charge < -0.3 is 9.47 Å². The average Bonchev–Trinajstić information content (AvgIpc) is 3.36. The predicted molar refractivity (Wildman–Crippen MR) is 113 cm³/mol. The van der Waals surface area contributed by atoms with E-state index >= 15 is 0 Å². The number of carbonyl (C=O) groups excluding carboxylic acids is 2. The summed E-state index contributed by atoms with van der Waals surface area (Å²) in [7, 11) is -3.90. The van der Waals surface area contributed by atoms with Gasteiger partial charge >= 0.3 is 0 Å². The van der Waals surface area contributed by atoms with Crippen molar-refractivity contribution in [2.45, 2.75) is 74.9 Å². The summed E-state index contributed by atoms with van der Waals surface area (Å²) in [4.78, 5) is 27.9. The summed E-state index contributed by atoms with van der Waals surface area (Å²) in [5, 5.41) is 8.83. The van der Waals surface area contributed by atoms with Gasteiger partial charge in [0.1, 0.15) is 10.7 Å². The topological polar surface area (TPSA) is 105 Å². The van der Waals surface area contributed by atoms with Gasteiger partial charge in [-0.25, -0.2) is 12.7 Å². The standard InChI is InChI=1S/C22H25N5O4S/c28-21(14-7-10-16-18(13-14)32(30,31)27(22(16)29)15-8-9-15)25-12-4-5-17(25)20-24-23-19-6-2-1-3-11-26(19)20/h7,10,13,15,17H,1-6,8-9,11-12H2. The molecule has 2 fully saturated rings. The van der Waals surface area contributed by atoms with Crippen molar-refractivity contribution in [3.05, 3.63) is 41.0 Å². The second-order valence-electron chi connectivity index (χ2n) is 9.14. The molecule has 2 aromatic rings. The van der Waals surface area contributed by atoms with Crippen LogP contribution in [0.3, 0.4) is 0 Å². The first-order chi connectivity index (χ1) is 15.5. The monoisotopic (exact) mass is 455 g/mol. The Bertz CT molecular complexity index is 1230. The quantitative estimate of drug-likeness (QED) is 0.703. The van der Waals surface area contributed by atoms with Gasteiger partial charge in [0.2, 0.25) is 0 Å². The molecule has 0 N–H and O–H groups in total. The summed E-state index contributed by atoms with van der Waals surface area (Å²) >= 11 is 0. The van der Waals surface area contributed by atoms with Crippen molar-refractivity contribution < 1.29 is 18.0 Å². The van der Waals surface area contributed by atoms with E-state index < -0.39 is 15.9 Å². The molecule has 1 saturated heterocycles. The molecule has 4 heterocycles. The highest BCUT2D eigenvalue weighted by Crippen LogP contribution is 2.40. The van der Waals surface area contributed by atoms with Crippen molar-refractivity contribution in [3.63, 3.8) is 0 Å². The zero-order valence-electron chi connectivity index (χ0n) is 17.7. The van der Waals surface area contributed by atoms with Crippen LogP contribution in [0.5, 0.6) is 0 Å². The second kappa shape index (κ2) is 7.13. The molecule has 6 rings (SSSR count). The molecule has 4 aliphatic rings. The number of aryl methyl sites for hydroxylation is 1. The fourth-order valence-corrected chi connectivity index (χ4v) is 7.09. The van der Waals surface area contributed by atoms with Crippen molar-refractivity contribution in [1.82, 2.24) is 24.0 Å². The van der Waals surface area contributed by atoms with Gasteiger partial charge in [-0.05, 0) is 56.7 Å². The number of sulfonamides is 1. The third kappa shape index (κ3) is 2.92. The number of benzene rings is 1. The highest BCUT2D eigenvalue weighted by molar-refractivity contribution is 7.90. The molecule has 0 bridgehead atoms. The first kappa shape index (κ1) is 19.9. The number of rotatable bonds is 3. The minimum Gasteiger partial charge on any atom is -0.328 e. The Morgan fingerprint density at radius 3 is 2.66 bits per heavy atom. The number of amides is 2. The van der Waals surface area contributed by atoms with Crippen molar-refractivity contribution >= 4 is 21.8 Å². The maximum absolute atomic E-state index is 13.5. The van der Waals surface area contributed by atoms with E-state index in [1.54, 1.807) is 11.0 Å². The molecule has 1 saturated carbocycles. The molecule has 1 unspecified atom stereocenters. The molecule has 3 aliphatic heterocycles. The van der Waals surface area contributed by atoms with Crippen LogP contribution in [0.25, 0.3) is 0 Å². The molecule has 9 nitrogen and oxygen atoms in total. The molecular formula is C22H25N5O4S. The van der Waals surface area contributed by atoms with Crippen LogP contribution >= 0.6 is 0 Å². The van der Waals surface area contributed by atoms with Crippen molar-refractivity contribution in [2.75, 3.05) is 6.54 Å². The number of hydrogen-bond acceptors (Lipinski definition) is 6. The summed E-state index contributed by atoms with van der Waals surface area (Å²) < 4.78 is 29.1. The molecule has 10 heteroatoms. The number of fused-ring (bicyclic) bond motifs is 2. The fraction of sp³-hybridized carbons (Fsp3) is 0.545. The lowest BCUT2D eigenvalue weighted by atomic mass is 10.1. The van der Waals surface area contributed by atoms with Gasteiger partial charge in [-0.2, -0.15) is 0 Å². The highest BCUT2D eigenvalue weighted by Gasteiger charge is 2.49. The smallest absolute Gasteiger partial charge is 0.269 e. The second-order valence-corrected chi connectivity index (χ2v) is 10.9. The molecule has 32 heavy (non-hydrogen) atoms. The Kier molecular flexibility index (Phi) is 4.43. The minimum absolute atomic E-state index is 0.0488. The summed E-state index contributed by atoms with van der Waals surface area (Å²) in [6, 6.07) is 4.03. The van der Waals surface area contributed by atoms with Crippen LogP contribution in [0.4, 0.5) is 0 Å². The van der Waals surface area contributed by atoms with Crippen molar-refractivity contribution in [3.8, 4) is 0 Å². The zero-order valence-corrected chi connectivity index (χ0v) is 18.6. The lowest BCUT2D eigenvalue weighted by Crippen LogP contribution is -2.32. The predicted octanol–water partition coefficient (Wildman–Crippen LogP) is 2.29. The number of aromatic nitrogens is 3. The first-order valence-electron chi connectivity index (χ1n) is 11.4. The summed E-state index contributed by atoms with van der Waals surface area (Å²) in [6.45, 7) is 1.45. The van der Waals surface area contributed by atoms with Crippen LogP contribution in [-0.2, 0) is 23.0 Å². The van der Waals surface area contributed by atoms with Crippen LogP contribution in [0, 0.1) is 0 Å². The molecule has 0 spiro atoms. The van der Waals surface area contributed by atoms with E-state index in [2.05, 4.69) is 14.8 Å². The van der Waals surface area contributed by atoms with E-state index in [1.165, 1.54) is 12.1 Å². The summed E-state index contributed by atoms with van der Waals surface area (Å²) in [5.41, 5.74) is 0.453. The number of likely N-dealkylation sites (tertiary alicyclic amines) is 1. The highest BCUT2D eigenvalue weighted by atomic mass is 32.2. The van der Waals surface area contributed by atoms with Gasteiger partial charge in [0.25, 0.3) is 21.8 Å². The van der Waals surface area contributed by atoms with Gasteiger partial charge in [-0.3, -0.25) is 9.59 Å². The Morgan fingerprint density at radius 2 is 1.84 bits per heavy atom. The minimum atomic E-state index is -3.90. The van der Waals surface area contributed by atoms with Crippen LogP contribution < -0.4 is 0 Å². The largest absolute Gasteiger partial charge is 0.328 e. The average molecular weight is 456 g/mol. The third-order valence-corrected chi connectivity index (χ3v) is 8.90. The molecule has 168 valence electrons. The molecule has 1 aromatic heterocycles.